The molecule has 11 heavy (non-hydrogen) atoms. The van der Waals surface area contributed by atoms with Crippen LogP contribution in [0.25, 0.3) is 0 Å². The number of thioether (sulfide) groups is 1. The standard InChI is InChI=1S/C9H9ClS/c1-2-7-11-9-5-3-8(10)4-6-9/h2-7H,1H3. The minimum atomic E-state index is 0.787. The summed E-state index contributed by atoms with van der Waals surface area (Å²) in [6.07, 6.45) is 2.01. The van der Waals surface area contributed by atoms with Gasteiger partial charge in [-0.1, -0.05) is 29.4 Å². The van der Waals surface area contributed by atoms with Crippen LogP contribution in [0.5, 0.6) is 0 Å². The van der Waals surface area contributed by atoms with Crippen LogP contribution in [0.15, 0.2) is 40.6 Å². The molecule has 0 saturated heterocycles. The van der Waals surface area contributed by atoms with E-state index in [1.807, 2.05) is 42.7 Å². The van der Waals surface area contributed by atoms with Crippen LogP contribution in [0.3, 0.4) is 0 Å². The molecule has 0 amide bonds. The zero-order valence-electron chi connectivity index (χ0n) is 6.25. The molecule has 0 aromatic heterocycles. The van der Waals surface area contributed by atoms with Crippen molar-refractivity contribution >= 4 is 23.4 Å². The van der Waals surface area contributed by atoms with Gasteiger partial charge in [-0.15, -0.1) is 0 Å². The summed E-state index contributed by atoms with van der Waals surface area (Å²) in [6.45, 7) is 2.00. The van der Waals surface area contributed by atoms with Crippen molar-refractivity contribution in [1.29, 1.82) is 0 Å². The molecule has 0 aliphatic heterocycles. The minimum absolute atomic E-state index is 0.787. The SMILES string of the molecule is CC=CSc1ccc(Cl)cc1. The highest BCUT2D eigenvalue weighted by molar-refractivity contribution is 8.02. The van der Waals surface area contributed by atoms with Crippen LogP contribution in [0.1, 0.15) is 6.92 Å². The zero-order valence-corrected chi connectivity index (χ0v) is 7.82. The maximum Gasteiger partial charge on any atom is 0.0406 e. The molecule has 0 radical (unpaired) electrons. The molecule has 1 rings (SSSR count). The summed E-state index contributed by atoms with van der Waals surface area (Å²) < 4.78 is 0. The van der Waals surface area contributed by atoms with E-state index in [1.165, 1.54) is 4.90 Å². The monoisotopic (exact) mass is 184 g/mol. The first kappa shape index (κ1) is 8.69. The highest BCUT2D eigenvalue weighted by Crippen LogP contribution is 2.20. The normalized spacial score (nSPS) is 10.7. The topological polar surface area (TPSA) is 0 Å². The number of halogens is 1. The van der Waals surface area contributed by atoms with Crippen molar-refractivity contribution in [3.8, 4) is 0 Å². The smallest absolute Gasteiger partial charge is 0.0406 e. The van der Waals surface area contributed by atoms with E-state index in [-0.39, 0.29) is 0 Å². The summed E-state index contributed by atoms with van der Waals surface area (Å²) in [5.41, 5.74) is 0. The predicted octanol–water partition coefficient (Wildman–Crippen LogP) is 3.97. The largest absolute Gasteiger partial charge is 0.0984 e. The van der Waals surface area contributed by atoms with E-state index < -0.39 is 0 Å². The van der Waals surface area contributed by atoms with Gasteiger partial charge in [0.05, 0.1) is 0 Å². The molecule has 0 fully saturated rings. The summed E-state index contributed by atoms with van der Waals surface area (Å²) in [7, 11) is 0. The molecule has 0 nitrogen and oxygen atoms in total. The second-order valence-corrected chi connectivity index (χ2v) is 3.46. The van der Waals surface area contributed by atoms with Crippen molar-refractivity contribution in [2.45, 2.75) is 11.8 Å². The van der Waals surface area contributed by atoms with Crippen LogP contribution >= 0.6 is 23.4 Å². The quantitative estimate of drug-likeness (QED) is 0.627. The number of hydrogen-bond donors (Lipinski definition) is 0. The van der Waals surface area contributed by atoms with E-state index in [9.17, 15) is 0 Å². The van der Waals surface area contributed by atoms with Gasteiger partial charge in [-0.05, 0) is 36.6 Å². The summed E-state index contributed by atoms with van der Waals surface area (Å²) in [6, 6.07) is 7.81. The number of rotatable bonds is 2. The second-order valence-electron chi connectivity index (χ2n) is 2.04. The molecule has 0 atom stereocenters. The van der Waals surface area contributed by atoms with Crippen LogP contribution in [0, 0.1) is 0 Å². The van der Waals surface area contributed by atoms with E-state index in [1.54, 1.807) is 11.8 Å². The molecule has 0 saturated carbocycles. The maximum atomic E-state index is 5.72. The summed E-state index contributed by atoms with van der Waals surface area (Å²) in [4.78, 5) is 1.22. The third kappa shape index (κ3) is 3.00. The third-order valence-electron chi connectivity index (χ3n) is 1.15. The average molecular weight is 185 g/mol. The Hall–Kier alpha value is -0.400. The molecule has 0 N–H and O–H groups in total. The van der Waals surface area contributed by atoms with E-state index in [0.717, 1.165) is 5.02 Å². The fraction of sp³-hybridized carbons (Fsp3) is 0.111. The Balaban J connectivity index is 2.66. The van der Waals surface area contributed by atoms with Gasteiger partial charge in [-0.2, -0.15) is 0 Å². The Morgan fingerprint density at radius 1 is 1.27 bits per heavy atom. The van der Waals surface area contributed by atoms with Gasteiger partial charge >= 0.3 is 0 Å². The number of hydrogen-bond acceptors (Lipinski definition) is 1. The molecular formula is C9H9ClS. The average Bonchev–Trinajstić information content (AvgIpc) is 2.04. The lowest BCUT2D eigenvalue weighted by Crippen LogP contribution is -1.66. The van der Waals surface area contributed by atoms with Gasteiger partial charge in [0.1, 0.15) is 0 Å². The molecule has 1 aromatic carbocycles. The van der Waals surface area contributed by atoms with Crippen molar-refractivity contribution in [2.75, 3.05) is 0 Å². The van der Waals surface area contributed by atoms with Crippen LogP contribution < -0.4 is 0 Å². The molecule has 0 unspecified atom stereocenters. The first-order valence-electron chi connectivity index (χ1n) is 3.36. The molecule has 0 aliphatic rings. The first-order chi connectivity index (χ1) is 5.33. The van der Waals surface area contributed by atoms with E-state index in [4.69, 9.17) is 11.6 Å². The molecule has 0 bridgehead atoms. The van der Waals surface area contributed by atoms with Crippen molar-refractivity contribution in [3.63, 3.8) is 0 Å². The van der Waals surface area contributed by atoms with Crippen LogP contribution in [-0.2, 0) is 0 Å². The number of allylic oxidation sites excluding steroid dienone is 1. The van der Waals surface area contributed by atoms with Crippen molar-refractivity contribution < 1.29 is 0 Å². The Morgan fingerprint density at radius 2 is 1.91 bits per heavy atom. The molecule has 1 aromatic rings. The van der Waals surface area contributed by atoms with Gasteiger partial charge < -0.3 is 0 Å². The van der Waals surface area contributed by atoms with E-state index >= 15 is 0 Å². The molecule has 2 heteroatoms. The first-order valence-corrected chi connectivity index (χ1v) is 4.62. The van der Waals surface area contributed by atoms with Crippen LogP contribution in [-0.4, -0.2) is 0 Å². The van der Waals surface area contributed by atoms with E-state index in [2.05, 4.69) is 0 Å². The maximum absolute atomic E-state index is 5.72. The third-order valence-corrected chi connectivity index (χ3v) is 2.36. The summed E-state index contributed by atoms with van der Waals surface area (Å²) in [5, 5.41) is 2.83. The molecule has 0 heterocycles. The van der Waals surface area contributed by atoms with E-state index in [0.29, 0.717) is 0 Å². The lowest BCUT2D eigenvalue weighted by molar-refractivity contribution is 1.47. The number of benzene rings is 1. The lowest BCUT2D eigenvalue weighted by atomic mass is 10.4. The van der Waals surface area contributed by atoms with Crippen LogP contribution in [0.2, 0.25) is 5.02 Å². The fourth-order valence-corrected chi connectivity index (χ4v) is 1.37. The van der Waals surface area contributed by atoms with Crippen molar-refractivity contribution in [1.82, 2.24) is 0 Å². The van der Waals surface area contributed by atoms with Crippen molar-refractivity contribution in [3.05, 3.63) is 40.8 Å². The highest BCUT2D eigenvalue weighted by Gasteiger charge is 1.88. The Bertz CT molecular complexity index is 238. The molecular weight excluding hydrogens is 176 g/mol. The Kier molecular flexibility index (Phi) is 3.53. The Labute approximate surface area is 76.3 Å². The van der Waals surface area contributed by atoms with Gasteiger partial charge in [0.15, 0.2) is 0 Å². The van der Waals surface area contributed by atoms with Gasteiger partial charge in [0.25, 0.3) is 0 Å². The predicted molar refractivity (Wildman–Crippen MR) is 52.1 cm³/mol. The summed E-state index contributed by atoms with van der Waals surface area (Å²) >= 11 is 7.41. The van der Waals surface area contributed by atoms with Crippen molar-refractivity contribution in [2.24, 2.45) is 0 Å². The fourth-order valence-electron chi connectivity index (χ4n) is 0.660. The van der Waals surface area contributed by atoms with Crippen LogP contribution in [0.4, 0.5) is 0 Å². The molecule has 58 valence electrons. The summed E-state index contributed by atoms with van der Waals surface area (Å²) in [5.74, 6) is 0. The van der Waals surface area contributed by atoms with Gasteiger partial charge in [0.2, 0.25) is 0 Å². The highest BCUT2D eigenvalue weighted by atomic mass is 35.5. The minimum Gasteiger partial charge on any atom is -0.0984 e. The van der Waals surface area contributed by atoms with Gasteiger partial charge in [-0.3, -0.25) is 0 Å². The lowest BCUT2D eigenvalue weighted by Gasteiger charge is -1.94. The molecule has 0 spiro atoms. The van der Waals surface area contributed by atoms with Gasteiger partial charge in [0, 0.05) is 9.92 Å². The Morgan fingerprint density at radius 3 is 2.45 bits per heavy atom. The molecule has 0 aliphatic carbocycles. The second kappa shape index (κ2) is 4.47. The zero-order chi connectivity index (χ0) is 8.10. The van der Waals surface area contributed by atoms with Gasteiger partial charge in [-0.25, -0.2) is 0 Å².